The van der Waals surface area contributed by atoms with Gasteiger partial charge in [0.15, 0.2) is 0 Å². The third-order valence-corrected chi connectivity index (χ3v) is 2.86. The smallest absolute Gasteiger partial charge is 0.323 e. The van der Waals surface area contributed by atoms with Gasteiger partial charge in [-0.2, -0.15) is 0 Å². The lowest BCUT2D eigenvalue weighted by atomic mass is 10.1. The summed E-state index contributed by atoms with van der Waals surface area (Å²) in [5.41, 5.74) is 0.317. The number of carboxylic acid groups (broad SMARTS) is 1. The highest BCUT2D eigenvalue weighted by molar-refractivity contribution is 6.31. The summed E-state index contributed by atoms with van der Waals surface area (Å²) in [5, 5.41) is 9.04. The van der Waals surface area contributed by atoms with E-state index in [2.05, 4.69) is 4.98 Å². The molecule has 0 saturated carbocycles. The third-order valence-electron chi connectivity index (χ3n) is 2.50. The predicted molar refractivity (Wildman–Crippen MR) is 64.1 cm³/mol. The van der Waals surface area contributed by atoms with Crippen LogP contribution in [0.2, 0.25) is 5.02 Å². The average molecular weight is 269 g/mol. The van der Waals surface area contributed by atoms with Crippen LogP contribution in [0.1, 0.15) is 11.4 Å². The maximum absolute atomic E-state index is 13.6. The van der Waals surface area contributed by atoms with Gasteiger partial charge in [-0.3, -0.25) is 4.79 Å². The van der Waals surface area contributed by atoms with E-state index in [-0.39, 0.29) is 13.0 Å². The van der Waals surface area contributed by atoms with Crippen molar-refractivity contribution in [1.29, 1.82) is 0 Å². The molecule has 0 aliphatic carbocycles. The number of carboxylic acids is 1. The summed E-state index contributed by atoms with van der Waals surface area (Å²) in [7, 11) is 0. The fraction of sp³-hybridized carbons (Fsp3) is 0.167. The standard InChI is InChI=1S/C12H10ClFN2O2/c13-9-2-1-3-10(14)8(9)6-11-15-4-5-16(11)7-12(17)18/h1-5H,6-7H2,(H,17,18). The van der Waals surface area contributed by atoms with Crippen LogP contribution in [-0.4, -0.2) is 20.6 Å². The van der Waals surface area contributed by atoms with Crippen LogP contribution >= 0.6 is 11.6 Å². The van der Waals surface area contributed by atoms with Crippen LogP contribution in [0.15, 0.2) is 30.6 Å². The molecule has 0 atom stereocenters. The molecule has 6 heteroatoms. The monoisotopic (exact) mass is 268 g/mol. The fourth-order valence-electron chi connectivity index (χ4n) is 1.66. The highest BCUT2D eigenvalue weighted by Crippen LogP contribution is 2.21. The van der Waals surface area contributed by atoms with E-state index < -0.39 is 11.8 Å². The van der Waals surface area contributed by atoms with Crippen molar-refractivity contribution in [3.63, 3.8) is 0 Å². The van der Waals surface area contributed by atoms with Gasteiger partial charge in [-0.1, -0.05) is 17.7 Å². The number of imidazole rings is 1. The van der Waals surface area contributed by atoms with Crippen LogP contribution < -0.4 is 0 Å². The Morgan fingerprint density at radius 1 is 1.50 bits per heavy atom. The van der Waals surface area contributed by atoms with E-state index in [1.165, 1.54) is 29.1 Å². The summed E-state index contributed by atoms with van der Waals surface area (Å²) in [6, 6.07) is 4.42. The van der Waals surface area contributed by atoms with Gasteiger partial charge in [0, 0.05) is 29.4 Å². The van der Waals surface area contributed by atoms with Crippen LogP contribution in [0.4, 0.5) is 4.39 Å². The second kappa shape index (κ2) is 5.18. The molecular weight excluding hydrogens is 259 g/mol. The van der Waals surface area contributed by atoms with Gasteiger partial charge in [0.2, 0.25) is 0 Å². The maximum Gasteiger partial charge on any atom is 0.323 e. The molecule has 0 saturated heterocycles. The minimum absolute atomic E-state index is 0.159. The predicted octanol–water partition coefficient (Wildman–Crippen LogP) is 2.35. The van der Waals surface area contributed by atoms with E-state index >= 15 is 0 Å². The molecule has 0 fully saturated rings. The van der Waals surface area contributed by atoms with E-state index in [0.29, 0.717) is 16.4 Å². The molecule has 4 nitrogen and oxygen atoms in total. The Morgan fingerprint density at radius 3 is 2.94 bits per heavy atom. The van der Waals surface area contributed by atoms with E-state index in [9.17, 15) is 9.18 Å². The minimum atomic E-state index is -0.978. The number of halogens is 2. The first-order chi connectivity index (χ1) is 8.58. The lowest BCUT2D eigenvalue weighted by Gasteiger charge is -2.07. The molecule has 1 aromatic carbocycles. The first-order valence-electron chi connectivity index (χ1n) is 5.22. The molecule has 0 spiro atoms. The number of aromatic nitrogens is 2. The second-order valence-corrected chi connectivity index (χ2v) is 4.15. The normalized spacial score (nSPS) is 10.6. The number of rotatable bonds is 4. The van der Waals surface area contributed by atoms with Crippen LogP contribution in [0.5, 0.6) is 0 Å². The molecule has 2 aromatic rings. The Labute approximate surface area is 108 Å². The number of hydrogen-bond donors (Lipinski definition) is 1. The largest absolute Gasteiger partial charge is 0.480 e. The second-order valence-electron chi connectivity index (χ2n) is 3.74. The Hall–Kier alpha value is -1.88. The summed E-state index contributed by atoms with van der Waals surface area (Å²) in [5.74, 6) is -0.939. The molecule has 0 unspecified atom stereocenters. The zero-order chi connectivity index (χ0) is 13.1. The number of nitrogens with zero attached hydrogens (tertiary/aromatic N) is 2. The zero-order valence-electron chi connectivity index (χ0n) is 9.31. The van der Waals surface area contributed by atoms with Crippen molar-refractivity contribution in [3.05, 3.63) is 52.8 Å². The Morgan fingerprint density at radius 2 is 2.28 bits per heavy atom. The van der Waals surface area contributed by atoms with Crippen molar-refractivity contribution in [1.82, 2.24) is 9.55 Å². The van der Waals surface area contributed by atoms with E-state index in [0.717, 1.165) is 0 Å². The highest BCUT2D eigenvalue weighted by Gasteiger charge is 2.12. The van der Waals surface area contributed by atoms with Crippen LogP contribution in [-0.2, 0) is 17.8 Å². The third kappa shape index (κ3) is 2.68. The van der Waals surface area contributed by atoms with Crippen molar-refractivity contribution in [2.45, 2.75) is 13.0 Å². The van der Waals surface area contributed by atoms with E-state index in [4.69, 9.17) is 16.7 Å². The molecule has 18 heavy (non-hydrogen) atoms. The number of hydrogen-bond acceptors (Lipinski definition) is 2. The Balaban J connectivity index is 2.29. The average Bonchev–Trinajstić information content (AvgIpc) is 2.70. The van der Waals surface area contributed by atoms with Crippen LogP contribution in [0.3, 0.4) is 0 Å². The van der Waals surface area contributed by atoms with Gasteiger partial charge in [-0.15, -0.1) is 0 Å². The SMILES string of the molecule is O=C(O)Cn1ccnc1Cc1c(F)cccc1Cl. The van der Waals surface area contributed by atoms with Crippen molar-refractivity contribution in [2.24, 2.45) is 0 Å². The molecule has 94 valence electrons. The molecular formula is C12H10ClFN2O2. The van der Waals surface area contributed by atoms with Crippen LogP contribution in [0, 0.1) is 5.82 Å². The quantitative estimate of drug-likeness (QED) is 0.926. The maximum atomic E-state index is 13.6. The zero-order valence-corrected chi connectivity index (χ0v) is 10.1. The van der Waals surface area contributed by atoms with Gasteiger partial charge in [-0.25, -0.2) is 9.37 Å². The summed E-state index contributed by atoms with van der Waals surface area (Å²) < 4.78 is 15.0. The molecule has 0 aliphatic heterocycles. The highest BCUT2D eigenvalue weighted by atomic mass is 35.5. The molecule has 0 amide bonds. The van der Waals surface area contributed by atoms with Gasteiger partial charge in [-0.05, 0) is 12.1 Å². The molecule has 0 radical (unpaired) electrons. The lowest BCUT2D eigenvalue weighted by molar-refractivity contribution is -0.137. The van der Waals surface area contributed by atoms with Gasteiger partial charge in [0.25, 0.3) is 0 Å². The molecule has 2 rings (SSSR count). The van der Waals surface area contributed by atoms with Gasteiger partial charge >= 0.3 is 5.97 Å². The Bertz CT molecular complexity index is 563. The number of aliphatic carboxylic acids is 1. The molecule has 0 aliphatic rings. The van der Waals surface area contributed by atoms with Gasteiger partial charge in [0.1, 0.15) is 18.2 Å². The first-order valence-corrected chi connectivity index (χ1v) is 5.60. The molecule has 1 aromatic heterocycles. The van der Waals surface area contributed by atoms with Crippen molar-refractivity contribution >= 4 is 17.6 Å². The van der Waals surface area contributed by atoms with Crippen molar-refractivity contribution in [2.75, 3.05) is 0 Å². The molecule has 1 heterocycles. The summed E-state index contributed by atoms with van der Waals surface area (Å²) in [6.45, 7) is -0.207. The minimum Gasteiger partial charge on any atom is -0.480 e. The Kier molecular flexibility index (Phi) is 3.62. The summed E-state index contributed by atoms with van der Waals surface area (Å²) in [4.78, 5) is 14.7. The number of benzene rings is 1. The lowest BCUT2D eigenvalue weighted by Crippen LogP contribution is -2.12. The van der Waals surface area contributed by atoms with E-state index in [1.54, 1.807) is 6.07 Å². The number of carbonyl (C=O) groups is 1. The fourth-order valence-corrected chi connectivity index (χ4v) is 1.89. The van der Waals surface area contributed by atoms with Gasteiger partial charge < -0.3 is 9.67 Å². The molecule has 0 bridgehead atoms. The van der Waals surface area contributed by atoms with Crippen LogP contribution in [0.25, 0.3) is 0 Å². The van der Waals surface area contributed by atoms with Crippen molar-refractivity contribution in [3.8, 4) is 0 Å². The molecule has 1 N–H and O–H groups in total. The summed E-state index contributed by atoms with van der Waals surface area (Å²) >= 11 is 5.91. The van der Waals surface area contributed by atoms with E-state index in [1.807, 2.05) is 0 Å². The van der Waals surface area contributed by atoms with Crippen molar-refractivity contribution < 1.29 is 14.3 Å². The summed E-state index contributed by atoms with van der Waals surface area (Å²) in [6.07, 6.45) is 3.18. The first kappa shape index (κ1) is 12.6. The topological polar surface area (TPSA) is 55.1 Å². The van der Waals surface area contributed by atoms with Gasteiger partial charge in [0.05, 0.1) is 0 Å².